The van der Waals surface area contributed by atoms with Crippen LogP contribution in [0.4, 0.5) is 0 Å². The van der Waals surface area contributed by atoms with Crippen LogP contribution in [0.1, 0.15) is 38.8 Å². The van der Waals surface area contributed by atoms with E-state index in [0.717, 1.165) is 23.5 Å². The van der Waals surface area contributed by atoms with Crippen molar-refractivity contribution in [1.29, 1.82) is 0 Å². The number of carbonyl (C=O) groups is 1. The summed E-state index contributed by atoms with van der Waals surface area (Å²) in [6, 6.07) is 5.81. The second kappa shape index (κ2) is 8.21. The molecule has 1 aliphatic heterocycles. The summed E-state index contributed by atoms with van der Waals surface area (Å²) in [5.74, 6) is 1.53. The molecule has 0 saturated carbocycles. The van der Waals surface area contributed by atoms with Gasteiger partial charge in [-0.2, -0.15) is 5.10 Å². The fourth-order valence-electron chi connectivity index (χ4n) is 2.99. The molecule has 1 aromatic carbocycles. The van der Waals surface area contributed by atoms with Crippen LogP contribution < -0.4 is 14.8 Å². The van der Waals surface area contributed by atoms with Crippen LogP contribution in [0.25, 0.3) is 0 Å². The lowest BCUT2D eigenvalue weighted by molar-refractivity contribution is -0.126. The molecule has 7 nitrogen and oxygen atoms in total. The van der Waals surface area contributed by atoms with E-state index in [2.05, 4.69) is 29.2 Å². The first-order chi connectivity index (χ1) is 12.5. The molecule has 0 unspecified atom stereocenters. The van der Waals surface area contributed by atoms with E-state index in [9.17, 15) is 4.79 Å². The minimum atomic E-state index is -0.210. The molecule has 1 amide bonds. The normalized spacial score (nSPS) is 16.0. The van der Waals surface area contributed by atoms with E-state index in [1.54, 1.807) is 11.0 Å². The molecule has 1 aliphatic rings. The number of carbonyl (C=O) groups excluding carboxylic acids is 1. The lowest BCUT2D eigenvalue weighted by Crippen LogP contribution is -2.36. The first kappa shape index (κ1) is 18.2. The number of nitrogens with zero attached hydrogens (tertiary/aromatic N) is 3. The molecular formula is C19H26N4O3. The van der Waals surface area contributed by atoms with E-state index in [0.29, 0.717) is 19.8 Å². The van der Waals surface area contributed by atoms with Gasteiger partial charge in [0.25, 0.3) is 0 Å². The van der Waals surface area contributed by atoms with Crippen LogP contribution in [-0.4, -0.2) is 33.9 Å². The van der Waals surface area contributed by atoms with Gasteiger partial charge in [-0.1, -0.05) is 26.8 Å². The van der Waals surface area contributed by atoms with Crippen molar-refractivity contribution in [3.05, 3.63) is 36.4 Å². The number of benzene rings is 1. The van der Waals surface area contributed by atoms with Gasteiger partial charge in [-0.3, -0.25) is 9.48 Å². The highest BCUT2D eigenvalue weighted by molar-refractivity contribution is 5.78. The number of amides is 1. The molecule has 0 radical (unpaired) electrons. The Balaban J connectivity index is 1.72. The van der Waals surface area contributed by atoms with Crippen LogP contribution in [0.15, 0.2) is 30.9 Å². The molecule has 1 N–H and O–H groups in total. The van der Waals surface area contributed by atoms with Crippen LogP contribution >= 0.6 is 0 Å². The number of fused-ring (bicyclic) bond motifs is 1. The average molecular weight is 358 g/mol. The maximum atomic E-state index is 12.7. The average Bonchev–Trinajstić information content (AvgIpc) is 3.01. The lowest BCUT2D eigenvalue weighted by atomic mass is 9.95. The van der Waals surface area contributed by atoms with Crippen molar-refractivity contribution in [3.8, 4) is 11.5 Å². The summed E-state index contributed by atoms with van der Waals surface area (Å²) in [5, 5.41) is 7.23. The topological polar surface area (TPSA) is 78.3 Å². The predicted octanol–water partition coefficient (Wildman–Crippen LogP) is 2.59. The van der Waals surface area contributed by atoms with Gasteiger partial charge in [-0.15, -0.1) is 0 Å². The second-order valence-corrected chi connectivity index (χ2v) is 7.01. The van der Waals surface area contributed by atoms with Crippen molar-refractivity contribution in [2.45, 2.75) is 39.8 Å². The molecule has 3 rings (SSSR count). The van der Waals surface area contributed by atoms with E-state index in [-0.39, 0.29) is 23.8 Å². The standard InChI is InChI=1S/C19H26N4O3/c1-13(2)18(22-19(24)14(3)10-23-12-20-11-21-23)15-5-6-16-17(9-15)26-8-4-7-25-16/h5-6,9,11-14,18H,4,7-8,10H2,1-3H3,(H,22,24)/t14-,18-/m1/s1. The molecule has 7 heteroatoms. The first-order valence-corrected chi connectivity index (χ1v) is 9.07. The number of rotatable bonds is 6. The van der Waals surface area contributed by atoms with E-state index in [1.807, 2.05) is 25.1 Å². The van der Waals surface area contributed by atoms with Gasteiger partial charge in [0.15, 0.2) is 11.5 Å². The summed E-state index contributed by atoms with van der Waals surface area (Å²) in [4.78, 5) is 16.6. The van der Waals surface area contributed by atoms with Gasteiger partial charge in [0.05, 0.1) is 31.7 Å². The van der Waals surface area contributed by atoms with E-state index >= 15 is 0 Å². The van der Waals surface area contributed by atoms with Crippen molar-refractivity contribution in [2.75, 3.05) is 13.2 Å². The maximum Gasteiger partial charge on any atom is 0.225 e. The van der Waals surface area contributed by atoms with E-state index in [1.165, 1.54) is 6.33 Å². The Morgan fingerprint density at radius 3 is 2.69 bits per heavy atom. The fraction of sp³-hybridized carbons (Fsp3) is 0.526. The fourth-order valence-corrected chi connectivity index (χ4v) is 2.99. The van der Waals surface area contributed by atoms with Gasteiger partial charge in [-0.05, 0) is 23.6 Å². The quantitative estimate of drug-likeness (QED) is 0.859. The molecule has 2 atom stereocenters. The molecule has 2 heterocycles. The Bertz CT molecular complexity index is 730. The number of ether oxygens (including phenoxy) is 2. The zero-order valence-electron chi connectivity index (χ0n) is 15.5. The Kier molecular flexibility index (Phi) is 5.75. The third-order valence-corrected chi connectivity index (χ3v) is 4.47. The second-order valence-electron chi connectivity index (χ2n) is 7.01. The van der Waals surface area contributed by atoms with Crippen molar-refractivity contribution >= 4 is 5.91 Å². The smallest absolute Gasteiger partial charge is 0.225 e. The van der Waals surface area contributed by atoms with Crippen molar-refractivity contribution in [3.63, 3.8) is 0 Å². The third kappa shape index (κ3) is 4.33. The highest BCUT2D eigenvalue weighted by atomic mass is 16.5. The Morgan fingerprint density at radius 2 is 2.00 bits per heavy atom. The highest BCUT2D eigenvalue weighted by Crippen LogP contribution is 2.34. The van der Waals surface area contributed by atoms with Gasteiger partial charge in [-0.25, -0.2) is 4.98 Å². The molecule has 0 saturated heterocycles. The molecule has 0 bridgehead atoms. The number of nitrogens with one attached hydrogen (secondary N) is 1. The number of aromatic nitrogens is 3. The summed E-state index contributed by atoms with van der Waals surface area (Å²) in [5.41, 5.74) is 1.02. The first-order valence-electron chi connectivity index (χ1n) is 9.07. The summed E-state index contributed by atoms with van der Waals surface area (Å²) in [7, 11) is 0. The summed E-state index contributed by atoms with van der Waals surface area (Å²) < 4.78 is 13.1. The zero-order chi connectivity index (χ0) is 18.5. The monoisotopic (exact) mass is 358 g/mol. The van der Waals surface area contributed by atoms with Crippen molar-refractivity contribution in [1.82, 2.24) is 20.1 Å². The van der Waals surface area contributed by atoms with Crippen LogP contribution in [0.2, 0.25) is 0 Å². The van der Waals surface area contributed by atoms with E-state index in [4.69, 9.17) is 9.47 Å². The Morgan fingerprint density at radius 1 is 1.23 bits per heavy atom. The maximum absolute atomic E-state index is 12.7. The molecule has 2 aromatic rings. The molecule has 0 fully saturated rings. The van der Waals surface area contributed by atoms with Gasteiger partial charge in [0, 0.05) is 6.42 Å². The minimum Gasteiger partial charge on any atom is -0.490 e. The Labute approximate surface area is 153 Å². The van der Waals surface area contributed by atoms with Crippen LogP contribution in [0.5, 0.6) is 11.5 Å². The summed E-state index contributed by atoms with van der Waals surface area (Å²) in [6.45, 7) is 7.88. The minimum absolute atomic E-state index is 0.00805. The largest absolute Gasteiger partial charge is 0.490 e. The van der Waals surface area contributed by atoms with Gasteiger partial charge < -0.3 is 14.8 Å². The molecule has 140 valence electrons. The van der Waals surface area contributed by atoms with E-state index < -0.39 is 0 Å². The molecule has 1 aromatic heterocycles. The molecule has 0 aliphatic carbocycles. The third-order valence-electron chi connectivity index (χ3n) is 4.47. The van der Waals surface area contributed by atoms with Crippen LogP contribution in [-0.2, 0) is 11.3 Å². The van der Waals surface area contributed by atoms with Gasteiger partial charge in [0.2, 0.25) is 5.91 Å². The Hall–Kier alpha value is -2.57. The molecule has 0 spiro atoms. The lowest BCUT2D eigenvalue weighted by Gasteiger charge is -2.25. The summed E-state index contributed by atoms with van der Waals surface area (Å²) in [6.07, 6.45) is 3.96. The predicted molar refractivity (Wildman–Crippen MR) is 97.0 cm³/mol. The SMILES string of the molecule is CC(C)[C@@H](NC(=O)[C@H](C)Cn1cncn1)c1ccc2c(c1)OCCCO2. The van der Waals surface area contributed by atoms with Crippen molar-refractivity contribution < 1.29 is 14.3 Å². The van der Waals surface area contributed by atoms with Crippen molar-refractivity contribution in [2.24, 2.45) is 11.8 Å². The number of hydrogen-bond donors (Lipinski definition) is 1. The zero-order valence-corrected chi connectivity index (χ0v) is 15.5. The van der Waals surface area contributed by atoms with Crippen LogP contribution in [0, 0.1) is 11.8 Å². The molecular weight excluding hydrogens is 332 g/mol. The highest BCUT2D eigenvalue weighted by Gasteiger charge is 2.23. The van der Waals surface area contributed by atoms with Gasteiger partial charge >= 0.3 is 0 Å². The molecule has 26 heavy (non-hydrogen) atoms. The van der Waals surface area contributed by atoms with Gasteiger partial charge in [0.1, 0.15) is 12.7 Å². The summed E-state index contributed by atoms with van der Waals surface area (Å²) >= 11 is 0. The number of hydrogen-bond acceptors (Lipinski definition) is 5. The van der Waals surface area contributed by atoms with Crippen LogP contribution in [0.3, 0.4) is 0 Å².